The van der Waals surface area contributed by atoms with E-state index in [-0.39, 0.29) is 5.71 Å². The van der Waals surface area contributed by atoms with Crippen molar-refractivity contribution in [3.63, 3.8) is 0 Å². The minimum Gasteiger partial charge on any atom is -0.477 e. The monoisotopic (exact) mass is 228 g/mol. The number of aliphatic carboxylic acids is 1. The summed E-state index contributed by atoms with van der Waals surface area (Å²) in [7, 11) is 0. The number of rotatable bonds is 9. The molecule has 0 spiro atoms. The molecular formula is C12H24N2O2. The van der Waals surface area contributed by atoms with Crippen molar-refractivity contribution in [2.75, 3.05) is 6.54 Å². The molecule has 0 radical (unpaired) electrons. The molecule has 4 nitrogen and oxygen atoms in total. The van der Waals surface area contributed by atoms with Crippen LogP contribution in [0.5, 0.6) is 0 Å². The van der Waals surface area contributed by atoms with Gasteiger partial charge < -0.3 is 10.5 Å². The number of nitrogens with zero attached hydrogens (tertiary/aromatic N) is 1. The highest BCUT2D eigenvalue weighted by Gasteiger charge is 2.02. The molecule has 0 amide bonds. The van der Waals surface area contributed by atoms with Gasteiger partial charge in [-0.15, -0.1) is 0 Å². The quantitative estimate of drug-likeness (QED) is 0.362. The summed E-state index contributed by atoms with van der Waals surface area (Å²) in [6, 6.07) is 0. The van der Waals surface area contributed by atoms with Crippen molar-refractivity contribution in [1.82, 2.24) is 5.43 Å². The summed E-state index contributed by atoms with van der Waals surface area (Å²) in [6.07, 6.45) is 6.13. The van der Waals surface area contributed by atoms with Crippen molar-refractivity contribution in [3.05, 3.63) is 0 Å². The average Bonchev–Trinajstić information content (AvgIpc) is 2.24. The molecule has 0 aromatic heterocycles. The molecule has 0 rings (SSSR count). The maximum atomic E-state index is 10.4. The third-order valence-electron chi connectivity index (χ3n) is 2.61. The lowest BCUT2D eigenvalue weighted by atomic mass is 10.0. The predicted octanol–water partition coefficient (Wildman–Crippen LogP) is 2.64. The second kappa shape index (κ2) is 9.19. The van der Waals surface area contributed by atoms with Crippen LogP contribution in [0.2, 0.25) is 0 Å². The average molecular weight is 228 g/mol. The normalized spacial score (nSPS) is 13.6. The van der Waals surface area contributed by atoms with Crippen LogP contribution in [0.3, 0.4) is 0 Å². The molecule has 0 aromatic carbocycles. The first kappa shape index (κ1) is 14.9. The van der Waals surface area contributed by atoms with E-state index in [1.807, 2.05) is 0 Å². The van der Waals surface area contributed by atoms with E-state index >= 15 is 0 Å². The van der Waals surface area contributed by atoms with Crippen molar-refractivity contribution < 1.29 is 9.90 Å². The Morgan fingerprint density at radius 2 is 2.06 bits per heavy atom. The summed E-state index contributed by atoms with van der Waals surface area (Å²) in [6.45, 7) is 6.67. The molecule has 0 bridgehead atoms. The third kappa shape index (κ3) is 8.26. The standard InChI is InChI=1S/C12H24N2O2/c1-4-5-6-7-10(2)8-9-13-14-11(3)12(15)16/h10,13H,4-9H2,1-3H3,(H,15,16)/b14-11-. The zero-order valence-corrected chi connectivity index (χ0v) is 10.6. The largest absolute Gasteiger partial charge is 0.477 e. The first-order chi connectivity index (χ1) is 7.57. The molecule has 1 atom stereocenters. The van der Waals surface area contributed by atoms with Gasteiger partial charge in [-0.2, -0.15) is 5.10 Å². The smallest absolute Gasteiger partial charge is 0.351 e. The zero-order chi connectivity index (χ0) is 12.4. The van der Waals surface area contributed by atoms with Crippen LogP contribution in [-0.2, 0) is 4.79 Å². The molecule has 0 saturated heterocycles. The molecule has 0 heterocycles. The number of carbonyl (C=O) groups is 1. The van der Waals surface area contributed by atoms with Crippen LogP contribution in [0.15, 0.2) is 5.10 Å². The van der Waals surface area contributed by atoms with Crippen LogP contribution in [-0.4, -0.2) is 23.3 Å². The molecule has 0 aliphatic carbocycles. The molecular weight excluding hydrogens is 204 g/mol. The fourth-order valence-electron chi connectivity index (χ4n) is 1.42. The first-order valence-electron chi connectivity index (χ1n) is 6.08. The lowest BCUT2D eigenvalue weighted by molar-refractivity contribution is -0.129. The van der Waals surface area contributed by atoms with Crippen molar-refractivity contribution in [2.45, 2.75) is 52.9 Å². The summed E-state index contributed by atoms with van der Waals surface area (Å²) in [5.74, 6) is -0.289. The minimum absolute atomic E-state index is 0.110. The second-order valence-corrected chi connectivity index (χ2v) is 4.30. The molecule has 1 unspecified atom stereocenters. The van der Waals surface area contributed by atoms with E-state index in [1.54, 1.807) is 0 Å². The summed E-state index contributed by atoms with van der Waals surface area (Å²) in [5, 5.41) is 12.3. The van der Waals surface area contributed by atoms with Crippen LogP contribution in [0, 0.1) is 5.92 Å². The molecule has 0 aromatic rings. The van der Waals surface area contributed by atoms with Gasteiger partial charge in [-0.25, -0.2) is 4.79 Å². The van der Waals surface area contributed by atoms with Crippen molar-refractivity contribution in [3.8, 4) is 0 Å². The molecule has 2 N–H and O–H groups in total. The van der Waals surface area contributed by atoms with Crippen molar-refractivity contribution >= 4 is 11.7 Å². The molecule has 0 fully saturated rings. The Bertz CT molecular complexity index is 227. The van der Waals surface area contributed by atoms with Gasteiger partial charge in [-0.05, 0) is 19.3 Å². The van der Waals surface area contributed by atoms with Gasteiger partial charge in [0.15, 0.2) is 0 Å². The predicted molar refractivity (Wildman–Crippen MR) is 66.7 cm³/mol. The first-order valence-corrected chi connectivity index (χ1v) is 6.08. The van der Waals surface area contributed by atoms with Crippen LogP contribution >= 0.6 is 0 Å². The van der Waals surface area contributed by atoms with Crippen molar-refractivity contribution in [2.24, 2.45) is 11.0 Å². The summed E-state index contributed by atoms with van der Waals surface area (Å²) < 4.78 is 0. The fourth-order valence-corrected chi connectivity index (χ4v) is 1.42. The summed E-state index contributed by atoms with van der Waals surface area (Å²) in [4.78, 5) is 10.4. The van der Waals surface area contributed by atoms with Crippen LogP contribution < -0.4 is 5.43 Å². The number of hydrogen-bond acceptors (Lipinski definition) is 3. The lowest BCUT2D eigenvalue weighted by Crippen LogP contribution is -2.17. The fraction of sp³-hybridized carbons (Fsp3) is 0.833. The van der Waals surface area contributed by atoms with E-state index in [9.17, 15) is 4.79 Å². The highest BCUT2D eigenvalue weighted by Crippen LogP contribution is 2.11. The number of hydrazone groups is 1. The van der Waals surface area contributed by atoms with E-state index in [2.05, 4.69) is 24.4 Å². The van der Waals surface area contributed by atoms with Crippen molar-refractivity contribution in [1.29, 1.82) is 0 Å². The SMILES string of the molecule is CCCCCC(C)CCN/N=C(/C)C(=O)O. The van der Waals surface area contributed by atoms with Gasteiger partial charge >= 0.3 is 5.97 Å². The Kier molecular flexibility index (Phi) is 8.58. The molecule has 0 aliphatic heterocycles. The van der Waals surface area contributed by atoms with Gasteiger partial charge in [0.05, 0.1) is 0 Å². The van der Waals surface area contributed by atoms with Gasteiger partial charge in [-0.3, -0.25) is 0 Å². The topological polar surface area (TPSA) is 61.7 Å². The summed E-state index contributed by atoms with van der Waals surface area (Å²) >= 11 is 0. The Balaban J connectivity index is 3.51. The van der Waals surface area contributed by atoms with E-state index in [0.717, 1.165) is 13.0 Å². The molecule has 16 heavy (non-hydrogen) atoms. The molecule has 0 saturated carbocycles. The molecule has 0 aliphatic rings. The van der Waals surface area contributed by atoms with Gasteiger partial charge in [0.25, 0.3) is 0 Å². The zero-order valence-electron chi connectivity index (χ0n) is 10.6. The Labute approximate surface area is 98.1 Å². The van der Waals surface area contributed by atoms with Gasteiger partial charge in [0.1, 0.15) is 5.71 Å². The second-order valence-electron chi connectivity index (χ2n) is 4.30. The maximum Gasteiger partial charge on any atom is 0.351 e. The third-order valence-corrected chi connectivity index (χ3v) is 2.61. The molecule has 94 valence electrons. The van der Waals surface area contributed by atoms with E-state index in [4.69, 9.17) is 5.11 Å². The highest BCUT2D eigenvalue weighted by atomic mass is 16.4. The Morgan fingerprint density at radius 1 is 1.38 bits per heavy atom. The highest BCUT2D eigenvalue weighted by molar-refractivity contribution is 6.34. The molecule has 4 heteroatoms. The van der Waals surface area contributed by atoms with E-state index in [0.29, 0.717) is 5.92 Å². The summed E-state index contributed by atoms with van der Waals surface area (Å²) in [5.41, 5.74) is 2.90. The Morgan fingerprint density at radius 3 is 2.62 bits per heavy atom. The Hall–Kier alpha value is -1.06. The lowest BCUT2D eigenvalue weighted by Gasteiger charge is -2.10. The number of unbranched alkanes of at least 4 members (excludes halogenated alkanes) is 2. The van der Waals surface area contributed by atoms with Crippen LogP contribution in [0.4, 0.5) is 0 Å². The van der Waals surface area contributed by atoms with Crippen LogP contribution in [0.25, 0.3) is 0 Å². The number of carboxylic acids is 1. The van der Waals surface area contributed by atoms with Crippen LogP contribution in [0.1, 0.15) is 52.9 Å². The van der Waals surface area contributed by atoms with Gasteiger partial charge in [0.2, 0.25) is 0 Å². The van der Waals surface area contributed by atoms with Gasteiger partial charge in [0, 0.05) is 6.54 Å². The van der Waals surface area contributed by atoms with E-state index < -0.39 is 5.97 Å². The van der Waals surface area contributed by atoms with Gasteiger partial charge in [-0.1, -0.05) is 39.5 Å². The number of carboxylic acid groups (broad SMARTS) is 1. The number of nitrogens with one attached hydrogen (secondary N) is 1. The van der Waals surface area contributed by atoms with E-state index in [1.165, 1.54) is 32.6 Å². The maximum absolute atomic E-state index is 10.4. The number of hydrogen-bond donors (Lipinski definition) is 2. The minimum atomic E-state index is -0.969.